The van der Waals surface area contributed by atoms with Crippen LogP contribution in [0.2, 0.25) is 0 Å². The van der Waals surface area contributed by atoms with Crippen LogP contribution in [0.4, 0.5) is 5.82 Å². The molecule has 0 aliphatic rings. The van der Waals surface area contributed by atoms with Crippen molar-refractivity contribution in [2.24, 2.45) is 0 Å². The quantitative estimate of drug-likeness (QED) is 0.503. The zero-order chi connectivity index (χ0) is 18.5. The van der Waals surface area contributed by atoms with E-state index in [2.05, 4.69) is 74.9 Å². The molecule has 0 spiro atoms. The molecule has 5 aromatic rings. The second-order valence-corrected chi connectivity index (χ2v) is 6.58. The highest BCUT2D eigenvalue weighted by molar-refractivity contribution is 6.00. The van der Waals surface area contributed by atoms with Gasteiger partial charge < -0.3 is 5.73 Å². The minimum atomic E-state index is 0.501. The van der Waals surface area contributed by atoms with E-state index in [0.717, 1.165) is 22.1 Å². The van der Waals surface area contributed by atoms with Gasteiger partial charge in [-0.05, 0) is 46.2 Å². The van der Waals surface area contributed by atoms with Gasteiger partial charge in [0.2, 0.25) is 0 Å². The molecule has 5 rings (SSSR count). The third kappa shape index (κ3) is 2.27. The molecule has 8 nitrogen and oxygen atoms in total. The zero-order valence-electron chi connectivity index (χ0n) is 14.8. The molecule has 0 radical (unpaired) electrons. The molecule has 0 fully saturated rings. The molecule has 27 heavy (non-hydrogen) atoms. The molecule has 0 aliphatic carbocycles. The van der Waals surface area contributed by atoms with Gasteiger partial charge in [0, 0.05) is 11.8 Å². The number of aromatic amines is 1. The number of nitrogens with zero attached hydrogens (tertiary/aromatic N) is 6. The van der Waals surface area contributed by atoms with Gasteiger partial charge in [-0.1, -0.05) is 35.9 Å². The number of tetrazole rings is 1. The van der Waals surface area contributed by atoms with Gasteiger partial charge in [-0.2, -0.15) is 9.61 Å². The largest absolute Gasteiger partial charge is 0.383 e. The van der Waals surface area contributed by atoms with Crippen LogP contribution in [-0.4, -0.2) is 35.2 Å². The summed E-state index contributed by atoms with van der Waals surface area (Å²) in [4.78, 5) is 4.60. The molecule has 132 valence electrons. The first-order valence-corrected chi connectivity index (χ1v) is 8.50. The van der Waals surface area contributed by atoms with E-state index in [0.29, 0.717) is 22.9 Å². The van der Waals surface area contributed by atoms with E-state index in [1.807, 2.05) is 0 Å². The summed E-state index contributed by atoms with van der Waals surface area (Å²) in [5.74, 6) is 1.02. The minimum absolute atomic E-state index is 0.501. The summed E-state index contributed by atoms with van der Waals surface area (Å²) in [7, 11) is 0. The van der Waals surface area contributed by atoms with Gasteiger partial charge in [0.25, 0.3) is 0 Å². The smallest absolute Gasteiger partial charge is 0.184 e. The normalized spacial score (nSPS) is 11.5. The van der Waals surface area contributed by atoms with Crippen molar-refractivity contribution < 1.29 is 0 Å². The maximum absolute atomic E-state index is 6.51. The Balaban J connectivity index is 1.79. The molecule has 3 aromatic heterocycles. The van der Waals surface area contributed by atoms with Crippen molar-refractivity contribution in [1.29, 1.82) is 0 Å². The number of aromatic nitrogens is 7. The molecule has 8 heteroatoms. The van der Waals surface area contributed by atoms with Crippen LogP contribution in [0, 0.1) is 13.8 Å². The van der Waals surface area contributed by atoms with Crippen molar-refractivity contribution in [1.82, 2.24) is 35.2 Å². The summed E-state index contributed by atoms with van der Waals surface area (Å²) in [5.41, 5.74) is 12.1. The van der Waals surface area contributed by atoms with E-state index in [9.17, 15) is 0 Å². The van der Waals surface area contributed by atoms with Crippen molar-refractivity contribution in [3.8, 4) is 22.5 Å². The van der Waals surface area contributed by atoms with Gasteiger partial charge in [0.05, 0.1) is 11.8 Å². The SMILES string of the molecule is Cc1ccc2c(-c3cnc4c(-c5nnn[nH]5)cnn4c3N)c(C)ccc2c1. The molecule has 0 amide bonds. The summed E-state index contributed by atoms with van der Waals surface area (Å²) in [6.45, 7) is 4.16. The van der Waals surface area contributed by atoms with Crippen LogP contribution < -0.4 is 5.73 Å². The molecular formula is C19H16N8. The lowest BCUT2D eigenvalue weighted by atomic mass is 9.94. The molecule has 0 unspecified atom stereocenters. The van der Waals surface area contributed by atoms with E-state index in [1.165, 1.54) is 10.9 Å². The van der Waals surface area contributed by atoms with E-state index < -0.39 is 0 Å². The van der Waals surface area contributed by atoms with Crippen molar-refractivity contribution in [2.45, 2.75) is 13.8 Å². The first kappa shape index (κ1) is 15.4. The maximum atomic E-state index is 6.51. The summed E-state index contributed by atoms with van der Waals surface area (Å²) < 4.78 is 1.62. The number of hydrogen-bond acceptors (Lipinski definition) is 6. The number of H-pyrrole nitrogens is 1. The molecular weight excluding hydrogens is 340 g/mol. The molecule has 0 saturated carbocycles. The van der Waals surface area contributed by atoms with Gasteiger partial charge in [0.15, 0.2) is 11.5 Å². The molecule has 3 N–H and O–H groups in total. The third-order valence-corrected chi connectivity index (χ3v) is 4.82. The lowest BCUT2D eigenvalue weighted by Crippen LogP contribution is -2.04. The summed E-state index contributed by atoms with van der Waals surface area (Å²) in [5, 5.41) is 20.6. The maximum Gasteiger partial charge on any atom is 0.184 e. The van der Waals surface area contributed by atoms with Crippen molar-refractivity contribution >= 4 is 22.2 Å². The Kier molecular flexibility index (Phi) is 3.20. The topological polar surface area (TPSA) is 111 Å². The number of benzene rings is 2. The van der Waals surface area contributed by atoms with Gasteiger partial charge >= 0.3 is 0 Å². The van der Waals surface area contributed by atoms with Crippen LogP contribution in [-0.2, 0) is 0 Å². The van der Waals surface area contributed by atoms with Crippen LogP contribution in [0.15, 0.2) is 42.7 Å². The molecule has 0 bridgehead atoms. The van der Waals surface area contributed by atoms with Crippen LogP contribution in [0.25, 0.3) is 38.9 Å². The molecule has 0 saturated heterocycles. The fourth-order valence-corrected chi connectivity index (χ4v) is 3.50. The Morgan fingerprint density at radius 2 is 1.93 bits per heavy atom. The van der Waals surface area contributed by atoms with Crippen molar-refractivity contribution in [3.63, 3.8) is 0 Å². The molecule has 0 aliphatic heterocycles. The third-order valence-electron chi connectivity index (χ3n) is 4.82. The number of nitrogens with two attached hydrogens (primary N) is 1. The zero-order valence-corrected chi connectivity index (χ0v) is 14.8. The molecule has 2 aromatic carbocycles. The Morgan fingerprint density at radius 1 is 1.04 bits per heavy atom. The highest BCUT2D eigenvalue weighted by atomic mass is 15.5. The minimum Gasteiger partial charge on any atom is -0.383 e. The lowest BCUT2D eigenvalue weighted by molar-refractivity contribution is 0.881. The highest BCUT2D eigenvalue weighted by Gasteiger charge is 2.18. The monoisotopic (exact) mass is 356 g/mol. The average Bonchev–Trinajstić information content (AvgIpc) is 3.32. The number of rotatable bonds is 2. The number of aryl methyl sites for hydroxylation is 2. The number of fused-ring (bicyclic) bond motifs is 2. The summed E-state index contributed by atoms with van der Waals surface area (Å²) in [6.07, 6.45) is 3.45. The van der Waals surface area contributed by atoms with Gasteiger partial charge in [-0.15, -0.1) is 5.10 Å². The van der Waals surface area contributed by atoms with Gasteiger partial charge in [-0.25, -0.2) is 10.1 Å². The fourth-order valence-electron chi connectivity index (χ4n) is 3.50. The standard InChI is InChI=1S/C19H16N8/c1-10-3-6-13-12(7-10)5-4-11(2)16(13)14-8-21-19-15(18-23-25-26-24-18)9-22-27(19)17(14)20/h3-9H,20H2,1-2H3,(H,23,24,25,26). The second-order valence-electron chi connectivity index (χ2n) is 6.58. The highest BCUT2D eigenvalue weighted by Crippen LogP contribution is 2.36. The van der Waals surface area contributed by atoms with Crippen LogP contribution in [0.5, 0.6) is 0 Å². The Labute approximate surface area is 154 Å². The van der Waals surface area contributed by atoms with E-state index in [-0.39, 0.29) is 0 Å². The van der Waals surface area contributed by atoms with Crippen molar-refractivity contribution in [3.05, 3.63) is 53.9 Å². The summed E-state index contributed by atoms with van der Waals surface area (Å²) >= 11 is 0. The van der Waals surface area contributed by atoms with Crippen LogP contribution >= 0.6 is 0 Å². The number of nitrogen functional groups attached to an aromatic ring is 1. The van der Waals surface area contributed by atoms with E-state index in [4.69, 9.17) is 5.73 Å². The van der Waals surface area contributed by atoms with E-state index >= 15 is 0 Å². The first-order valence-electron chi connectivity index (χ1n) is 8.50. The van der Waals surface area contributed by atoms with Gasteiger partial charge in [0.1, 0.15) is 5.82 Å². The number of nitrogens with one attached hydrogen (secondary N) is 1. The predicted molar refractivity (Wildman–Crippen MR) is 103 cm³/mol. The van der Waals surface area contributed by atoms with Crippen molar-refractivity contribution in [2.75, 3.05) is 5.73 Å². The average molecular weight is 356 g/mol. The predicted octanol–water partition coefficient (Wildman–Crippen LogP) is 2.93. The number of hydrogen-bond donors (Lipinski definition) is 2. The van der Waals surface area contributed by atoms with Crippen LogP contribution in [0.3, 0.4) is 0 Å². The van der Waals surface area contributed by atoms with E-state index in [1.54, 1.807) is 16.9 Å². The molecule has 0 atom stereocenters. The van der Waals surface area contributed by atoms with Gasteiger partial charge in [-0.3, -0.25) is 0 Å². The van der Waals surface area contributed by atoms with Crippen LogP contribution in [0.1, 0.15) is 11.1 Å². The summed E-state index contributed by atoms with van der Waals surface area (Å²) in [6, 6.07) is 10.6. The number of anilines is 1. The Morgan fingerprint density at radius 3 is 2.74 bits per heavy atom. The first-order chi connectivity index (χ1) is 13.1. The Hall–Kier alpha value is -3.81. The molecule has 3 heterocycles. The Bertz CT molecular complexity index is 1300. The second kappa shape index (κ2) is 5.60. The fraction of sp³-hybridized carbons (Fsp3) is 0.105. The lowest BCUT2D eigenvalue weighted by Gasteiger charge is -2.14.